The SMILES string of the molecule is CO[Si](OC)(OC)OC(C)(C)I.CO[Si](OC)(OC)OC(C)I.CO[Si](OC)(OC)OCI. The highest BCUT2D eigenvalue weighted by molar-refractivity contribution is 14.1. The van der Waals surface area contributed by atoms with Crippen LogP contribution in [0.4, 0.5) is 0 Å². The van der Waals surface area contributed by atoms with Crippen molar-refractivity contribution in [2.75, 3.05) is 68.6 Å². The molecular formula is C15H39I3O12Si3. The third-order valence-electron chi connectivity index (χ3n) is 3.16. The lowest BCUT2D eigenvalue weighted by Gasteiger charge is -2.29. The molecule has 0 bridgehead atoms. The molecule has 0 N–H and O–H groups in total. The summed E-state index contributed by atoms with van der Waals surface area (Å²) in [4.78, 5) is 0. The summed E-state index contributed by atoms with van der Waals surface area (Å²) in [7, 11) is 5.23. The fourth-order valence-electron chi connectivity index (χ4n) is 1.76. The van der Waals surface area contributed by atoms with Gasteiger partial charge in [0.25, 0.3) is 0 Å². The summed E-state index contributed by atoms with van der Waals surface area (Å²) >= 11 is 6.31. The molecule has 0 spiro atoms. The van der Waals surface area contributed by atoms with Crippen LogP contribution in [-0.4, -0.2) is 103 Å². The fraction of sp³-hybridized carbons (Fsp3) is 1.00. The van der Waals surface area contributed by atoms with Crippen molar-refractivity contribution in [1.82, 2.24) is 0 Å². The van der Waals surface area contributed by atoms with Crippen molar-refractivity contribution in [3.8, 4) is 0 Å². The maximum absolute atomic E-state index is 5.53. The van der Waals surface area contributed by atoms with Crippen LogP contribution in [0, 0.1) is 0 Å². The van der Waals surface area contributed by atoms with Crippen molar-refractivity contribution in [2.24, 2.45) is 0 Å². The van der Waals surface area contributed by atoms with E-state index in [0.717, 1.165) is 0 Å². The average molecular weight is 876 g/mol. The van der Waals surface area contributed by atoms with Gasteiger partial charge in [0.1, 0.15) is 7.72 Å². The Hall–Kier alpha value is 2.36. The van der Waals surface area contributed by atoms with E-state index in [1.54, 1.807) is 0 Å². The number of halogens is 3. The summed E-state index contributed by atoms with van der Waals surface area (Å²) < 4.78 is 61.3. The molecule has 0 aromatic carbocycles. The highest BCUT2D eigenvalue weighted by Crippen LogP contribution is 2.24. The Bertz CT molecular complexity index is 427. The smallest absolute Gasteiger partial charge is 0.355 e. The first-order chi connectivity index (χ1) is 15.2. The molecule has 0 heterocycles. The topological polar surface area (TPSA) is 111 Å². The lowest BCUT2D eigenvalue weighted by Crippen LogP contribution is -2.50. The molecule has 0 aromatic rings. The summed E-state index contributed by atoms with van der Waals surface area (Å²) in [6.45, 7) is 5.71. The Morgan fingerprint density at radius 2 is 0.939 bits per heavy atom. The number of hydrogen-bond acceptors (Lipinski definition) is 12. The van der Waals surface area contributed by atoms with Gasteiger partial charge in [-0.15, -0.1) is 0 Å². The zero-order valence-electron chi connectivity index (χ0n) is 21.3. The van der Waals surface area contributed by atoms with E-state index in [1.807, 2.05) is 20.8 Å². The quantitative estimate of drug-likeness (QED) is 0.137. The summed E-state index contributed by atoms with van der Waals surface area (Å²) in [5.74, 6) is 0. The Kier molecular flexibility index (Phi) is 25.7. The van der Waals surface area contributed by atoms with Crippen molar-refractivity contribution in [1.29, 1.82) is 0 Å². The molecule has 0 saturated carbocycles. The lowest BCUT2D eigenvalue weighted by molar-refractivity contribution is -0.0179. The minimum atomic E-state index is -2.86. The van der Waals surface area contributed by atoms with Crippen LogP contribution in [0.3, 0.4) is 0 Å². The molecule has 0 aliphatic carbocycles. The summed E-state index contributed by atoms with van der Waals surface area (Å²) in [5, 5.41) is 0. The minimum Gasteiger partial charge on any atom is -0.355 e. The van der Waals surface area contributed by atoms with E-state index in [0.29, 0.717) is 4.61 Å². The number of alkyl halides is 3. The first-order valence-corrected chi connectivity index (χ1v) is 17.9. The third kappa shape index (κ3) is 18.3. The molecule has 0 aliphatic rings. The van der Waals surface area contributed by atoms with Crippen LogP contribution >= 0.6 is 67.8 Å². The van der Waals surface area contributed by atoms with E-state index < -0.39 is 27.1 Å². The maximum atomic E-state index is 5.53. The van der Waals surface area contributed by atoms with Crippen LogP contribution in [0.5, 0.6) is 0 Å². The number of rotatable bonds is 15. The highest BCUT2D eigenvalue weighted by atomic mass is 127. The molecule has 33 heavy (non-hydrogen) atoms. The van der Waals surface area contributed by atoms with Gasteiger partial charge in [-0.2, -0.15) is 0 Å². The highest BCUT2D eigenvalue weighted by Gasteiger charge is 2.46. The molecule has 1 unspecified atom stereocenters. The van der Waals surface area contributed by atoms with Gasteiger partial charge in [-0.05, 0) is 43.4 Å². The van der Waals surface area contributed by atoms with Gasteiger partial charge in [0, 0.05) is 64.0 Å². The fourth-order valence-corrected chi connectivity index (χ4v) is 8.16. The molecule has 204 valence electrons. The first-order valence-electron chi connectivity index (χ1n) is 9.10. The Labute approximate surface area is 243 Å². The lowest BCUT2D eigenvalue weighted by atomic mass is 10.5. The van der Waals surface area contributed by atoms with Crippen molar-refractivity contribution in [3.63, 3.8) is 0 Å². The molecule has 18 heteroatoms. The third-order valence-corrected chi connectivity index (χ3v) is 11.8. The van der Waals surface area contributed by atoms with Gasteiger partial charge in [-0.1, -0.05) is 45.2 Å². The zero-order chi connectivity index (χ0) is 26.8. The van der Waals surface area contributed by atoms with E-state index in [-0.39, 0.29) is 7.72 Å². The molecule has 0 amide bonds. The van der Waals surface area contributed by atoms with Gasteiger partial charge in [0.2, 0.25) is 0 Å². The number of hydrogen-bond donors (Lipinski definition) is 0. The maximum Gasteiger partial charge on any atom is 0.679 e. The van der Waals surface area contributed by atoms with Gasteiger partial charge in [-0.3, -0.25) is 0 Å². The van der Waals surface area contributed by atoms with Crippen LogP contribution in [0.1, 0.15) is 20.8 Å². The molecule has 1 atom stereocenters. The second-order valence-corrected chi connectivity index (χ2v) is 18.1. The molecule has 0 rings (SSSR count). The van der Waals surface area contributed by atoms with Crippen LogP contribution in [0.15, 0.2) is 0 Å². The molecule has 0 fully saturated rings. The minimum absolute atomic E-state index is 0.0131. The van der Waals surface area contributed by atoms with Crippen molar-refractivity contribution >= 4 is 94.9 Å². The zero-order valence-corrected chi connectivity index (χ0v) is 30.8. The van der Waals surface area contributed by atoms with E-state index in [1.165, 1.54) is 64.0 Å². The largest absolute Gasteiger partial charge is 0.679 e. The molecule has 0 radical (unpaired) electrons. The first kappa shape index (κ1) is 39.9. The van der Waals surface area contributed by atoms with Crippen LogP contribution in [-0.2, 0) is 53.1 Å². The monoisotopic (exact) mass is 876 g/mol. The van der Waals surface area contributed by atoms with Gasteiger partial charge in [0.15, 0.2) is 0 Å². The average Bonchev–Trinajstić information content (AvgIpc) is 2.80. The Morgan fingerprint density at radius 3 is 1.03 bits per heavy atom. The second kappa shape index (κ2) is 21.3. The predicted molar refractivity (Wildman–Crippen MR) is 154 cm³/mol. The van der Waals surface area contributed by atoms with E-state index in [2.05, 4.69) is 67.8 Å². The van der Waals surface area contributed by atoms with Gasteiger partial charge < -0.3 is 53.1 Å². The Morgan fingerprint density at radius 1 is 0.636 bits per heavy atom. The molecule has 12 nitrogen and oxygen atoms in total. The second-order valence-electron chi connectivity index (χ2n) is 5.72. The van der Waals surface area contributed by atoms with Crippen LogP contribution in [0.2, 0.25) is 0 Å². The van der Waals surface area contributed by atoms with E-state index in [9.17, 15) is 0 Å². The van der Waals surface area contributed by atoms with Crippen LogP contribution < -0.4 is 0 Å². The predicted octanol–water partition coefficient (Wildman–Crippen LogP) is 3.48. The normalized spacial score (nSPS) is 13.5. The van der Waals surface area contributed by atoms with E-state index >= 15 is 0 Å². The van der Waals surface area contributed by atoms with Crippen molar-refractivity contribution < 1.29 is 53.1 Å². The Balaban J connectivity index is -0.000000411. The van der Waals surface area contributed by atoms with Crippen LogP contribution in [0.25, 0.3) is 0 Å². The van der Waals surface area contributed by atoms with Gasteiger partial charge >= 0.3 is 27.1 Å². The standard InChI is InChI=1S/C6H15IO4Si.C5H13IO4Si.C4H11IO4Si/c1-6(2,7)11-12(8-3,9-4)10-5;1-5(6)10-11(7-2,8-3)9-4;1-6-10(7-2,8-3)9-4-5/h1-5H3;5H,1-4H3;4H2,1-3H3. The van der Waals surface area contributed by atoms with E-state index in [4.69, 9.17) is 53.1 Å². The van der Waals surface area contributed by atoms with Gasteiger partial charge in [0.05, 0.1) is 4.61 Å². The molecular weight excluding hydrogens is 837 g/mol. The molecule has 0 aromatic heterocycles. The summed E-state index contributed by atoms with van der Waals surface area (Å²) in [6.07, 6.45) is 0. The molecule has 0 aliphatic heterocycles. The van der Waals surface area contributed by atoms with Crippen molar-refractivity contribution in [2.45, 2.75) is 28.5 Å². The summed E-state index contributed by atoms with van der Waals surface area (Å²) in [5.41, 5.74) is 0. The van der Waals surface area contributed by atoms with Crippen molar-refractivity contribution in [3.05, 3.63) is 0 Å². The van der Waals surface area contributed by atoms with Gasteiger partial charge in [-0.25, -0.2) is 0 Å². The summed E-state index contributed by atoms with van der Waals surface area (Å²) in [6, 6.07) is 0. The molecule has 0 saturated heterocycles.